The van der Waals surface area contributed by atoms with Crippen molar-refractivity contribution in [1.82, 2.24) is 15.0 Å². The maximum atomic E-state index is 13.4. The predicted octanol–water partition coefficient (Wildman–Crippen LogP) is 5.00. The van der Waals surface area contributed by atoms with Crippen molar-refractivity contribution >= 4 is 44.5 Å². The van der Waals surface area contributed by atoms with Crippen molar-refractivity contribution in [3.05, 3.63) is 65.8 Å². The molecule has 9 nitrogen and oxygen atoms in total. The number of amides is 2. The van der Waals surface area contributed by atoms with Crippen LogP contribution in [0.2, 0.25) is 0 Å². The van der Waals surface area contributed by atoms with E-state index in [0.717, 1.165) is 33.1 Å². The van der Waals surface area contributed by atoms with Crippen molar-refractivity contribution in [2.24, 2.45) is 0 Å². The molecule has 0 saturated carbocycles. The lowest BCUT2D eigenvalue weighted by molar-refractivity contribution is 0.256. The molecular formula is C27H28N6O3S2. The van der Waals surface area contributed by atoms with Gasteiger partial charge >= 0.3 is 6.03 Å². The van der Waals surface area contributed by atoms with E-state index >= 15 is 0 Å². The molecule has 2 amide bonds. The van der Waals surface area contributed by atoms with Crippen molar-refractivity contribution in [3.8, 4) is 21.8 Å². The lowest BCUT2D eigenvalue weighted by Crippen LogP contribution is -2.31. The van der Waals surface area contributed by atoms with E-state index in [1.54, 1.807) is 45.5 Å². The molecule has 0 radical (unpaired) electrons. The van der Waals surface area contributed by atoms with Crippen molar-refractivity contribution in [2.75, 3.05) is 34.9 Å². The van der Waals surface area contributed by atoms with Gasteiger partial charge in [-0.3, -0.25) is 9.80 Å². The molecule has 38 heavy (non-hydrogen) atoms. The number of nitrogen functional groups attached to an aromatic ring is 1. The molecule has 2 N–H and O–H groups in total. The maximum Gasteiger partial charge on any atom is 0.329 e. The average Bonchev–Trinajstić information content (AvgIpc) is 3.48. The molecule has 4 aromatic rings. The highest BCUT2D eigenvalue weighted by Gasteiger charge is 2.31. The molecule has 0 aliphatic carbocycles. The second-order valence-electron chi connectivity index (χ2n) is 10.1. The predicted molar refractivity (Wildman–Crippen MR) is 151 cm³/mol. The Morgan fingerprint density at radius 2 is 1.63 bits per heavy atom. The van der Waals surface area contributed by atoms with Crippen LogP contribution >= 0.6 is 11.3 Å². The third-order valence-corrected chi connectivity index (χ3v) is 8.85. The molecule has 5 rings (SSSR count). The van der Waals surface area contributed by atoms with Gasteiger partial charge in [-0.25, -0.2) is 28.2 Å². The molecule has 3 heterocycles. The number of carbonyl (C=O) groups is 1. The van der Waals surface area contributed by atoms with Gasteiger partial charge in [0, 0.05) is 42.3 Å². The number of anilines is 3. The molecule has 1 aliphatic heterocycles. The molecule has 1 aliphatic rings. The fourth-order valence-electron chi connectivity index (χ4n) is 4.22. The fraction of sp³-hybridized carbons (Fsp3) is 0.259. The highest BCUT2D eigenvalue weighted by Crippen LogP contribution is 2.41. The first-order valence-corrected chi connectivity index (χ1v) is 14.7. The SMILES string of the molecule is CC(C)(C)c1nc(-c2ccnc(N)n2)c(-c2cccc(N3CCN(c4ccc(S(C)(=O)=O)cc4)C3=O)c2)s1. The van der Waals surface area contributed by atoms with E-state index in [9.17, 15) is 13.2 Å². The van der Waals surface area contributed by atoms with Crippen LogP contribution in [-0.4, -0.2) is 48.7 Å². The Bertz CT molecular complexity index is 1630. The second kappa shape index (κ2) is 9.48. The first-order valence-electron chi connectivity index (χ1n) is 12.0. The molecule has 2 aromatic carbocycles. The summed E-state index contributed by atoms with van der Waals surface area (Å²) in [7, 11) is -3.31. The number of thiazole rings is 1. The zero-order valence-electron chi connectivity index (χ0n) is 21.5. The van der Waals surface area contributed by atoms with E-state index in [-0.39, 0.29) is 22.3 Å². The van der Waals surface area contributed by atoms with Gasteiger partial charge in [0.2, 0.25) is 5.95 Å². The molecule has 0 bridgehead atoms. The molecule has 196 valence electrons. The number of aromatic nitrogens is 3. The Morgan fingerprint density at radius 1 is 0.947 bits per heavy atom. The van der Waals surface area contributed by atoms with Crippen molar-refractivity contribution in [3.63, 3.8) is 0 Å². The van der Waals surface area contributed by atoms with Gasteiger partial charge in [0.05, 0.1) is 20.5 Å². The van der Waals surface area contributed by atoms with Crippen LogP contribution in [0.3, 0.4) is 0 Å². The van der Waals surface area contributed by atoms with E-state index in [4.69, 9.17) is 10.7 Å². The first-order chi connectivity index (χ1) is 17.9. The van der Waals surface area contributed by atoms with Crippen LogP contribution < -0.4 is 15.5 Å². The molecule has 2 aromatic heterocycles. The lowest BCUT2D eigenvalue weighted by atomic mass is 9.98. The molecule has 1 fully saturated rings. The minimum Gasteiger partial charge on any atom is -0.368 e. The number of hydrogen-bond donors (Lipinski definition) is 1. The van der Waals surface area contributed by atoms with Crippen LogP contribution in [0.5, 0.6) is 0 Å². The first kappa shape index (κ1) is 25.8. The molecule has 0 spiro atoms. The Balaban J connectivity index is 1.49. The molecule has 1 saturated heterocycles. The number of benzene rings is 2. The highest BCUT2D eigenvalue weighted by atomic mass is 32.2. The van der Waals surface area contributed by atoms with Gasteiger partial charge in [-0.05, 0) is 48.0 Å². The Hall–Kier alpha value is -3.83. The van der Waals surface area contributed by atoms with Gasteiger partial charge in [0.1, 0.15) is 5.69 Å². The fourth-order valence-corrected chi connectivity index (χ4v) is 5.98. The average molecular weight is 549 g/mol. The third-order valence-electron chi connectivity index (χ3n) is 6.19. The number of rotatable bonds is 5. The normalized spacial score (nSPS) is 14.4. The highest BCUT2D eigenvalue weighted by molar-refractivity contribution is 7.90. The number of hydrogen-bond acceptors (Lipinski definition) is 8. The zero-order chi connectivity index (χ0) is 27.2. The summed E-state index contributed by atoms with van der Waals surface area (Å²) in [4.78, 5) is 31.3. The van der Waals surface area contributed by atoms with Gasteiger partial charge in [0.25, 0.3) is 0 Å². The quantitative estimate of drug-likeness (QED) is 0.372. The molecule has 11 heteroatoms. The summed E-state index contributed by atoms with van der Waals surface area (Å²) in [5.41, 5.74) is 9.42. The Labute approximate surface area is 225 Å². The van der Waals surface area contributed by atoms with Crippen LogP contribution in [0, 0.1) is 0 Å². The van der Waals surface area contributed by atoms with E-state index in [2.05, 4.69) is 30.7 Å². The van der Waals surface area contributed by atoms with Crippen molar-refractivity contribution in [1.29, 1.82) is 0 Å². The zero-order valence-corrected chi connectivity index (χ0v) is 23.2. The smallest absolute Gasteiger partial charge is 0.329 e. The summed E-state index contributed by atoms with van der Waals surface area (Å²) in [5, 5.41) is 0.964. The third kappa shape index (κ3) is 4.99. The van der Waals surface area contributed by atoms with Gasteiger partial charge in [-0.1, -0.05) is 32.9 Å². The molecular weight excluding hydrogens is 520 g/mol. The Morgan fingerprint density at radius 3 is 2.26 bits per heavy atom. The second-order valence-corrected chi connectivity index (χ2v) is 13.2. The maximum absolute atomic E-state index is 13.4. The van der Waals surface area contributed by atoms with Crippen LogP contribution in [0.15, 0.2) is 65.7 Å². The summed E-state index contributed by atoms with van der Waals surface area (Å²) in [6.45, 7) is 7.33. The number of sulfone groups is 1. The number of carbonyl (C=O) groups excluding carboxylic acids is 1. The van der Waals surface area contributed by atoms with Crippen LogP contribution in [-0.2, 0) is 15.3 Å². The Kier molecular flexibility index (Phi) is 6.44. The summed E-state index contributed by atoms with van der Waals surface area (Å²) >= 11 is 1.60. The van der Waals surface area contributed by atoms with E-state index < -0.39 is 9.84 Å². The largest absolute Gasteiger partial charge is 0.368 e. The lowest BCUT2D eigenvalue weighted by Gasteiger charge is -2.19. The standard InChI is InChI=1S/C27H28N6O3S2/c1-27(2,3)24-31-22(21-12-13-29-25(28)30-21)23(37-24)17-6-5-7-19(16-17)33-15-14-32(26(33)34)18-8-10-20(11-9-18)38(4,35)36/h5-13,16H,14-15H2,1-4H3,(H2,28,29,30). The summed E-state index contributed by atoms with van der Waals surface area (Å²) in [6, 6.07) is 15.8. The summed E-state index contributed by atoms with van der Waals surface area (Å²) in [5.74, 6) is 0.180. The number of nitrogens with zero attached hydrogens (tertiary/aromatic N) is 5. The topological polar surface area (TPSA) is 122 Å². The summed E-state index contributed by atoms with van der Waals surface area (Å²) in [6.07, 6.45) is 2.78. The minimum atomic E-state index is -3.31. The molecule has 0 atom stereocenters. The van der Waals surface area contributed by atoms with E-state index in [1.807, 2.05) is 24.3 Å². The van der Waals surface area contributed by atoms with E-state index in [0.29, 0.717) is 24.5 Å². The van der Waals surface area contributed by atoms with Crippen molar-refractivity contribution < 1.29 is 13.2 Å². The number of urea groups is 1. The monoisotopic (exact) mass is 548 g/mol. The van der Waals surface area contributed by atoms with Crippen LogP contribution in [0.25, 0.3) is 21.8 Å². The van der Waals surface area contributed by atoms with Gasteiger partial charge < -0.3 is 5.73 Å². The minimum absolute atomic E-state index is 0.161. The van der Waals surface area contributed by atoms with Crippen molar-refractivity contribution in [2.45, 2.75) is 31.1 Å². The van der Waals surface area contributed by atoms with Gasteiger partial charge in [-0.15, -0.1) is 11.3 Å². The van der Waals surface area contributed by atoms with Crippen LogP contribution in [0.1, 0.15) is 25.8 Å². The van der Waals surface area contributed by atoms with Gasteiger partial charge in [0.15, 0.2) is 9.84 Å². The number of nitrogens with two attached hydrogens (primary N) is 1. The molecule has 0 unspecified atom stereocenters. The van der Waals surface area contributed by atoms with Crippen LogP contribution in [0.4, 0.5) is 22.1 Å². The van der Waals surface area contributed by atoms with E-state index in [1.165, 1.54) is 12.1 Å². The summed E-state index contributed by atoms with van der Waals surface area (Å²) < 4.78 is 23.6. The van der Waals surface area contributed by atoms with Gasteiger partial charge in [-0.2, -0.15) is 0 Å².